The number of nitrogens with zero attached hydrogens (tertiary/aromatic N) is 1. The van der Waals surface area contributed by atoms with Gasteiger partial charge in [0.15, 0.2) is 0 Å². The number of benzene rings is 1. The highest BCUT2D eigenvalue weighted by molar-refractivity contribution is 5.89. The number of unbranched alkanes of at least 4 members (excludes halogenated alkanes) is 4. The van der Waals surface area contributed by atoms with Crippen LogP contribution in [0, 0.1) is 0 Å². The van der Waals surface area contributed by atoms with E-state index in [0.29, 0.717) is 19.3 Å². The summed E-state index contributed by atoms with van der Waals surface area (Å²) in [6.07, 6.45) is 15.5. The predicted molar refractivity (Wildman–Crippen MR) is 118 cm³/mol. The van der Waals surface area contributed by atoms with Crippen molar-refractivity contribution >= 4 is 16.8 Å². The molecular weight excluding hydrogens is 348 g/mol. The molecular formula is C24H36N2O2. The van der Waals surface area contributed by atoms with Gasteiger partial charge in [0.2, 0.25) is 5.91 Å². The second-order valence-corrected chi connectivity index (χ2v) is 7.53. The molecule has 0 aliphatic rings. The van der Waals surface area contributed by atoms with Gasteiger partial charge in [-0.25, -0.2) is 0 Å². The van der Waals surface area contributed by atoms with E-state index in [4.69, 9.17) is 0 Å². The summed E-state index contributed by atoms with van der Waals surface area (Å²) in [4.78, 5) is 12.3. The van der Waals surface area contributed by atoms with Crippen LogP contribution in [0.4, 0.5) is 0 Å². The molecule has 0 spiro atoms. The lowest BCUT2D eigenvalue weighted by Gasteiger charge is -2.08. The van der Waals surface area contributed by atoms with Crippen molar-refractivity contribution in [3.8, 4) is 0 Å². The largest absolute Gasteiger partial charge is 0.393 e. The van der Waals surface area contributed by atoms with Gasteiger partial charge in [-0.2, -0.15) is 0 Å². The Morgan fingerprint density at radius 3 is 2.71 bits per heavy atom. The van der Waals surface area contributed by atoms with Gasteiger partial charge in [-0.05, 0) is 37.3 Å². The molecule has 2 aromatic rings. The van der Waals surface area contributed by atoms with Crippen LogP contribution in [-0.4, -0.2) is 21.8 Å². The monoisotopic (exact) mass is 384 g/mol. The molecule has 2 N–H and O–H groups in total. The Morgan fingerprint density at radius 1 is 1.14 bits per heavy atom. The van der Waals surface area contributed by atoms with Crippen molar-refractivity contribution in [2.45, 2.75) is 84.2 Å². The van der Waals surface area contributed by atoms with Crippen LogP contribution in [0.15, 0.2) is 42.6 Å². The van der Waals surface area contributed by atoms with Crippen LogP contribution < -0.4 is 5.43 Å². The lowest BCUT2D eigenvalue weighted by molar-refractivity contribution is -0.117. The minimum atomic E-state index is -0.259. The van der Waals surface area contributed by atoms with Crippen molar-refractivity contribution in [1.82, 2.24) is 4.68 Å². The Bertz CT molecular complexity index is 748. The quantitative estimate of drug-likeness (QED) is 0.343. The molecule has 2 rings (SSSR count). The summed E-state index contributed by atoms with van der Waals surface area (Å²) in [5.74, 6) is 0.00419. The fraction of sp³-hybridized carbons (Fsp3) is 0.542. The second kappa shape index (κ2) is 12.4. The van der Waals surface area contributed by atoms with Crippen molar-refractivity contribution in [2.75, 3.05) is 5.43 Å². The van der Waals surface area contributed by atoms with Crippen LogP contribution in [0.1, 0.15) is 77.2 Å². The van der Waals surface area contributed by atoms with E-state index in [0.717, 1.165) is 24.8 Å². The highest BCUT2D eigenvalue weighted by Crippen LogP contribution is 2.20. The molecule has 1 amide bonds. The number of para-hydroxylation sites is 1. The van der Waals surface area contributed by atoms with Crippen molar-refractivity contribution in [1.29, 1.82) is 0 Å². The molecule has 0 saturated carbocycles. The number of allylic oxidation sites excluding steroid dienone is 1. The van der Waals surface area contributed by atoms with Gasteiger partial charge in [-0.1, -0.05) is 76.3 Å². The number of hydrogen-bond acceptors (Lipinski definition) is 2. The van der Waals surface area contributed by atoms with Gasteiger partial charge in [0.1, 0.15) is 0 Å². The average Bonchev–Trinajstić information content (AvgIpc) is 3.05. The lowest BCUT2D eigenvalue weighted by Crippen LogP contribution is -2.21. The molecule has 0 aliphatic heterocycles. The zero-order valence-electron chi connectivity index (χ0n) is 17.5. The molecule has 0 fully saturated rings. The first-order valence-corrected chi connectivity index (χ1v) is 10.9. The summed E-state index contributed by atoms with van der Waals surface area (Å²) < 4.78 is 1.84. The van der Waals surface area contributed by atoms with E-state index in [9.17, 15) is 9.90 Å². The summed E-state index contributed by atoms with van der Waals surface area (Å²) >= 11 is 0. The highest BCUT2D eigenvalue weighted by atomic mass is 16.3. The maximum absolute atomic E-state index is 12.3. The Balaban J connectivity index is 1.68. The number of rotatable bonds is 13. The normalized spacial score (nSPS) is 12.7. The van der Waals surface area contributed by atoms with Crippen molar-refractivity contribution in [2.24, 2.45) is 0 Å². The zero-order valence-corrected chi connectivity index (χ0v) is 17.5. The minimum absolute atomic E-state index is 0.00419. The number of carbonyl (C=O) groups is 1. The Kier molecular flexibility index (Phi) is 9.84. The summed E-state index contributed by atoms with van der Waals surface area (Å²) in [6.45, 7) is 4.33. The number of aliphatic hydroxyl groups is 1. The molecule has 154 valence electrons. The van der Waals surface area contributed by atoms with E-state index in [1.807, 2.05) is 41.2 Å². The number of aromatic nitrogens is 1. The van der Waals surface area contributed by atoms with Gasteiger partial charge in [0.25, 0.3) is 0 Å². The first-order valence-electron chi connectivity index (χ1n) is 10.9. The molecule has 0 saturated heterocycles. The summed E-state index contributed by atoms with van der Waals surface area (Å²) in [6, 6.07) is 8.13. The third-order valence-electron chi connectivity index (χ3n) is 5.17. The molecule has 1 aromatic carbocycles. The number of fused-ring (bicyclic) bond motifs is 1. The topological polar surface area (TPSA) is 54.3 Å². The summed E-state index contributed by atoms with van der Waals surface area (Å²) in [5.41, 5.74) is 5.25. The highest BCUT2D eigenvalue weighted by Gasteiger charge is 2.08. The lowest BCUT2D eigenvalue weighted by atomic mass is 10.1. The number of aryl methyl sites for hydroxylation is 1. The molecule has 0 radical (unpaired) electrons. The fourth-order valence-electron chi connectivity index (χ4n) is 3.50. The van der Waals surface area contributed by atoms with Gasteiger partial charge >= 0.3 is 0 Å². The van der Waals surface area contributed by atoms with Gasteiger partial charge in [-0.15, -0.1) is 0 Å². The number of amides is 1. The molecule has 28 heavy (non-hydrogen) atoms. The third-order valence-corrected chi connectivity index (χ3v) is 5.17. The molecule has 0 bridgehead atoms. The standard InChI is InChI=1S/C24H36N2O2/c1-3-5-6-7-9-14-21(27)15-10-8-11-18-24(28)25-26-19-20(4-2)22-16-12-13-17-23(22)26/h8,10,12-13,16-17,19,21,27H,3-7,9,11,14-15,18H2,1-2H3,(H,25,28)/b10-8+/t21-/m0/s1. The SMILES string of the molecule is CCCCCCC[C@H](O)C/C=C/CCC(=O)Nn1cc(CC)c2ccccc21. The maximum atomic E-state index is 12.3. The zero-order chi connectivity index (χ0) is 20.2. The smallest absolute Gasteiger partial charge is 0.239 e. The summed E-state index contributed by atoms with van der Waals surface area (Å²) in [5, 5.41) is 11.2. The van der Waals surface area contributed by atoms with Gasteiger partial charge in [0, 0.05) is 18.0 Å². The van der Waals surface area contributed by atoms with Gasteiger partial charge in [-0.3, -0.25) is 14.9 Å². The number of nitrogens with one attached hydrogen (secondary N) is 1. The third kappa shape index (κ3) is 7.16. The Morgan fingerprint density at radius 2 is 1.93 bits per heavy atom. The van der Waals surface area contributed by atoms with Crippen LogP contribution in [0.2, 0.25) is 0 Å². The van der Waals surface area contributed by atoms with Crippen LogP contribution >= 0.6 is 0 Å². The van der Waals surface area contributed by atoms with Crippen molar-refractivity contribution in [3.05, 3.63) is 48.2 Å². The first kappa shape index (κ1) is 22.2. The van der Waals surface area contributed by atoms with Crippen molar-refractivity contribution < 1.29 is 9.90 Å². The number of carbonyl (C=O) groups excluding carboxylic acids is 1. The van der Waals surface area contributed by atoms with E-state index in [2.05, 4.69) is 25.3 Å². The van der Waals surface area contributed by atoms with E-state index < -0.39 is 0 Å². The fourth-order valence-corrected chi connectivity index (χ4v) is 3.50. The van der Waals surface area contributed by atoms with Crippen LogP contribution in [-0.2, 0) is 11.2 Å². The molecule has 0 unspecified atom stereocenters. The number of hydrogen-bond donors (Lipinski definition) is 2. The Labute approximate surface area is 169 Å². The molecule has 4 nitrogen and oxygen atoms in total. The van der Waals surface area contributed by atoms with E-state index >= 15 is 0 Å². The van der Waals surface area contributed by atoms with Crippen molar-refractivity contribution in [3.63, 3.8) is 0 Å². The average molecular weight is 385 g/mol. The van der Waals surface area contributed by atoms with Gasteiger partial charge < -0.3 is 5.11 Å². The van der Waals surface area contributed by atoms with Gasteiger partial charge in [0.05, 0.1) is 11.6 Å². The van der Waals surface area contributed by atoms with E-state index in [-0.39, 0.29) is 12.0 Å². The molecule has 4 heteroatoms. The molecule has 1 atom stereocenters. The molecule has 0 aliphatic carbocycles. The van der Waals surface area contributed by atoms with E-state index in [1.54, 1.807) is 0 Å². The van der Waals surface area contributed by atoms with Crippen LogP contribution in [0.5, 0.6) is 0 Å². The van der Waals surface area contributed by atoms with E-state index in [1.165, 1.54) is 36.6 Å². The van der Waals surface area contributed by atoms with Crippen LogP contribution in [0.25, 0.3) is 10.9 Å². The maximum Gasteiger partial charge on any atom is 0.239 e. The van der Waals surface area contributed by atoms with Crippen LogP contribution in [0.3, 0.4) is 0 Å². The molecule has 1 aromatic heterocycles. The minimum Gasteiger partial charge on any atom is -0.393 e. The summed E-state index contributed by atoms with van der Waals surface area (Å²) in [7, 11) is 0. The Hall–Kier alpha value is -2.07. The second-order valence-electron chi connectivity index (χ2n) is 7.53. The number of aliphatic hydroxyl groups excluding tert-OH is 1. The predicted octanol–water partition coefficient (Wildman–Crippen LogP) is 5.72. The molecule has 1 heterocycles. The first-order chi connectivity index (χ1) is 13.7.